The Morgan fingerprint density at radius 3 is 2.50 bits per heavy atom. The quantitative estimate of drug-likeness (QED) is 0.601. The normalized spacial score (nSPS) is 13.2. The lowest BCUT2D eigenvalue weighted by atomic mass is 10.1. The number of carbonyl (C=O) groups excluding carboxylic acids is 1. The topological polar surface area (TPSA) is 26.3 Å². The van der Waals surface area contributed by atoms with Crippen molar-refractivity contribution in [1.29, 1.82) is 0 Å². The average molecular weight is 343 g/mol. The Balaban J connectivity index is 3.07. The zero-order valence-corrected chi connectivity index (χ0v) is 11.9. The number of Topliss-reactive ketones (excluding diaryl/α,β-unsaturated/α-hetero) is 1. The number of thioether (sulfide) groups is 1. The molecule has 7 heteroatoms. The van der Waals surface area contributed by atoms with Crippen molar-refractivity contribution in [2.45, 2.75) is 23.0 Å². The summed E-state index contributed by atoms with van der Waals surface area (Å²) in [6, 6.07) is 4.15. The van der Waals surface area contributed by atoms with Crippen LogP contribution in [-0.2, 0) is 4.79 Å². The summed E-state index contributed by atoms with van der Waals surface area (Å²) in [6.07, 6.45) is -3.08. The third-order valence-electron chi connectivity index (χ3n) is 2.06. The Hall–Kier alpha value is -0.690. The summed E-state index contributed by atoms with van der Waals surface area (Å²) in [5, 5.41) is 0. The fourth-order valence-electron chi connectivity index (χ4n) is 1.29. The van der Waals surface area contributed by atoms with Gasteiger partial charge in [-0.3, -0.25) is 4.79 Å². The number of benzene rings is 1. The molecule has 0 aliphatic rings. The molecule has 0 amide bonds. The fraction of sp³-hybridized carbons (Fsp3) is 0.364. The van der Waals surface area contributed by atoms with Crippen LogP contribution in [0.2, 0.25) is 0 Å². The van der Waals surface area contributed by atoms with E-state index in [4.69, 9.17) is 0 Å². The number of carbonyl (C=O) groups is 1. The number of alkyl halides is 4. The molecule has 0 aliphatic heterocycles. The third kappa shape index (κ3) is 4.20. The van der Waals surface area contributed by atoms with E-state index in [-0.39, 0.29) is 11.5 Å². The lowest BCUT2D eigenvalue weighted by Crippen LogP contribution is -2.17. The van der Waals surface area contributed by atoms with E-state index in [9.17, 15) is 18.0 Å². The van der Waals surface area contributed by atoms with Gasteiger partial charge in [-0.2, -0.15) is 0 Å². The van der Waals surface area contributed by atoms with E-state index in [2.05, 4.69) is 20.7 Å². The van der Waals surface area contributed by atoms with Crippen LogP contribution in [-0.4, -0.2) is 18.4 Å². The zero-order valence-electron chi connectivity index (χ0n) is 9.55. The predicted molar refractivity (Wildman–Crippen MR) is 67.3 cm³/mol. The second kappa shape index (κ2) is 5.97. The highest BCUT2D eigenvalue weighted by atomic mass is 79.9. The van der Waals surface area contributed by atoms with Gasteiger partial charge in [-0.25, -0.2) is 0 Å². The summed E-state index contributed by atoms with van der Waals surface area (Å²) >= 11 is 4.30. The molecule has 0 bridgehead atoms. The molecule has 0 aliphatic carbocycles. The van der Waals surface area contributed by atoms with Crippen LogP contribution >= 0.6 is 27.7 Å². The number of hydrogen-bond acceptors (Lipinski definition) is 3. The van der Waals surface area contributed by atoms with Crippen molar-refractivity contribution in [1.82, 2.24) is 0 Å². The molecule has 1 aromatic rings. The van der Waals surface area contributed by atoms with Crippen molar-refractivity contribution in [2.75, 3.05) is 6.26 Å². The molecule has 0 fully saturated rings. The van der Waals surface area contributed by atoms with Gasteiger partial charge in [0.15, 0.2) is 0 Å². The molecular formula is C11H10BrF3O2S. The summed E-state index contributed by atoms with van der Waals surface area (Å²) < 4.78 is 40.3. The van der Waals surface area contributed by atoms with Crippen LogP contribution in [0.4, 0.5) is 13.2 Å². The highest BCUT2D eigenvalue weighted by Crippen LogP contribution is 2.36. The third-order valence-corrected chi connectivity index (χ3v) is 4.00. The second-order valence-corrected chi connectivity index (χ2v) is 5.20. The Kier molecular flexibility index (Phi) is 5.10. The molecule has 0 N–H and O–H groups in total. The van der Waals surface area contributed by atoms with E-state index in [0.29, 0.717) is 10.5 Å². The van der Waals surface area contributed by atoms with E-state index < -0.39 is 11.2 Å². The van der Waals surface area contributed by atoms with Crippen molar-refractivity contribution < 1.29 is 22.7 Å². The number of rotatable bonds is 4. The van der Waals surface area contributed by atoms with Crippen molar-refractivity contribution in [3.63, 3.8) is 0 Å². The van der Waals surface area contributed by atoms with Crippen molar-refractivity contribution in [3.8, 4) is 5.75 Å². The summed E-state index contributed by atoms with van der Waals surface area (Å²) in [7, 11) is 0. The highest BCUT2D eigenvalue weighted by molar-refractivity contribution is 9.09. The van der Waals surface area contributed by atoms with Crippen LogP contribution in [0.3, 0.4) is 0 Å². The number of ketones is 1. The van der Waals surface area contributed by atoms with Crippen LogP contribution in [0.15, 0.2) is 23.1 Å². The first-order chi connectivity index (χ1) is 8.24. The van der Waals surface area contributed by atoms with Gasteiger partial charge in [-0.05, 0) is 30.9 Å². The van der Waals surface area contributed by atoms with Crippen LogP contribution in [0.25, 0.3) is 0 Å². The molecule has 0 spiro atoms. The van der Waals surface area contributed by atoms with E-state index >= 15 is 0 Å². The van der Waals surface area contributed by atoms with Crippen molar-refractivity contribution in [2.24, 2.45) is 0 Å². The fourth-order valence-corrected chi connectivity index (χ4v) is 2.14. The van der Waals surface area contributed by atoms with Gasteiger partial charge >= 0.3 is 6.36 Å². The maximum absolute atomic E-state index is 12.2. The monoisotopic (exact) mass is 342 g/mol. The molecule has 1 unspecified atom stereocenters. The van der Waals surface area contributed by atoms with Crippen LogP contribution in [0.5, 0.6) is 5.75 Å². The van der Waals surface area contributed by atoms with Crippen LogP contribution < -0.4 is 4.74 Å². The standard InChI is InChI=1S/C11H10BrF3O2S/c1-6(16)10(12)7-3-4-8(9(5-7)18-2)17-11(13,14)15/h3-5,10H,1-2H3. The average Bonchev–Trinajstić information content (AvgIpc) is 2.26. The first-order valence-electron chi connectivity index (χ1n) is 4.83. The molecule has 100 valence electrons. The largest absolute Gasteiger partial charge is 0.573 e. The van der Waals surface area contributed by atoms with Crippen molar-refractivity contribution >= 4 is 33.5 Å². The van der Waals surface area contributed by atoms with Gasteiger partial charge in [0, 0.05) is 4.90 Å². The smallest absolute Gasteiger partial charge is 0.405 e. The van der Waals surface area contributed by atoms with E-state index in [1.54, 1.807) is 6.26 Å². The van der Waals surface area contributed by atoms with Gasteiger partial charge in [-0.1, -0.05) is 22.0 Å². The van der Waals surface area contributed by atoms with E-state index in [1.165, 1.54) is 25.1 Å². The van der Waals surface area contributed by atoms with Gasteiger partial charge in [0.1, 0.15) is 11.5 Å². The first kappa shape index (κ1) is 15.4. The molecule has 1 aromatic carbocycles. The van der Waals surface area contributed by atoms with Gasteiger partial charge in [0.2, 0.25) is 0 Å². The molecule has 18 heavy (non-hydrogen) atoms. The molecule has 1 rings (SSSR count). The molecule has 2 nitrogen and oxygen atoms in total. The number of halogens is 4. The van der Waals surface area contributed by atoms with Gasteiger partial charge in [0.05, 0.1) is 4.83 Å². The Morgan fingerprint density at radius 2 is 2.06 bits per heavy atom. The van der Waals surface area contributed by atoms with Gasteiger partial charge in [0.25, 0.3) is 0 Å². The number of ether oxygens (including phenoxy) is 1. The summed E-state index contributed by atoms with van der Waals surface area (Å²) in [5.41, 5.74) is 0.598. The van der Waals surface area contributed by atoms with E-state index in [1.807, 2.05) is 0 Å². The lowest BCUT2D eigenvalue weighted by molar-refractivity contribution is -0.275. The molecule has 0 heterocycles. The zero-order chi connectivity index (χ0) is 13.9. The number of hydrogen-bond donors (Lipinski definition) is 0. The molecular weight excluding hydrogens is 333 g/mol. The molecule has 1 atom stereocenters. The minimum Gasteiger partial charge on any atom is -0.405 e. The molecule has 0 radical (unpaired) electrons. The molecule has 0 saturated carbocycles. The summed E-state index contributed by atoms with van der Waals surface area (Å²) in [6.45, 7) is 1.40. The molecule has 0 aromatic heterocycles. The lowest BCUT2D eigenvalue weighted by Gasteiger charge is -2.14. The second-order valence-electron chi connectivity index (χ2n) is 3.43. The Bertz CT molecular complexity index is 448. The Labute approximate surface area is 115 Å². The summed E-state index contributed by atoms with van der Waals surface area (Å²) in [5.74, 6) is -0.381. The van der Waals surface area contributed by atoms with Crippen molar-refractivity contribution in [3.05, 3.63) is 23.8 Å². The SMILES string of the molecule is CSc1cc(C(Br)C(C)=O)ccc1OC(F)(F)F. The molecule has 0 saturated heterocycles. The van der Waals surface area contributed by atoms with Gasteiger partial charge < -0.3 is 4.74 Å². The van der Waals surface area contributed by atoms with E-state index in [0.717, 1.165) is 11.8 Å². The maximum Gasteiger partial charge on any atom is 0.573 e. The predicted octanol–water partition coefficient (Wildman–Crippen LogP) is 4.33. The minimum atomic E-state index is -4.72. The summed E-state index contributed by atoms with van der Waals surface area (Å²) in [4.78, 5) is 11.0. The van der Waals surface area contributed by atoms with Crippen LogP contribution in [0, 0.1) is 0 Å². The van der Waals surface area contributed by atoms with Gasteiger partial charge in [-0.15, -0.1) is 24.9 Å². The maximum atomic E-state index is 12.2. The van der Waals surface area contributed by atoms with Crippen LogP contribution in [0.1, 0.15) is 17.3 Å². The highest BCUT2D eigenvalue weighted by Gasteiger charge is 2.32. The Morgan fingerprint density at radius 1 is 1.44 bits per heavy atom. The first-order valence-corrected chi connectivity index (χ1v) is 6.97. The minimum absolute atomic E-state index is 0.119.